The lowest BCUT2D eigenvalue weighted by Crippen LogP contribution is -2.47. The zero-order valence-corrected chi connectivity index (χ0v) is 16.7. The summed E-state index contributed by atoms with van der Waals surface area (Å²) in [6.07, 6.45) is 5.61. The highest BCUT2D eigenvalue weighted by Crippen LogP contribution is 2.19. The summed E-state index contributed by atoms with van der Waals surface area (Å²) in [6.45, 7) is 6.79. The number of benzene rings is 1. The third-order valence-corrected chi connectivity index (χ3v) is 6.11. The molecule has 2 saturated heterocycles. The van der Waals surface area contributed by atoms with Gasteiger partial charge in [0.1, 0.15) is 0 Å². The SMILES string of the molecule is COCC1CCN(C(=O)NCC2CCN(CCc3ccccc3)CC2)CC1. The van der Waals surface area contributed by atoms with Gasteiger partial charge < -0.3 is 19.9 Å². The first-order valence-electron chi connectivity index (χ1n) is 10.5. The van der Waals surface area contributed by atoms with Crippen LogP contribution < -0.4 is 5.32 Å². The predicted octanol–water partition coefficient (Wildman–Crippen LogP) is 3.01. The molecule has 0 aliphatic carbocycles. The summed E-state index contributed by atoms with van der Waals surface area (Å²) in [6, 6.07) is 10.8. The van der Waals surface area contributed by atoms with Crippen LogP contribution in [0.4, 0.5) is 4.79 Å². The Bertz CT molecular complexity index is 550. The van der Waals surface area contributed by atoms with Crippen LogP contribution in [0, 0.1) is 11.8 Å². The molecule has 0 atom stereocenters. The molecule has 2 amide bonds. The van der Waals surface area contributed by atoms with Crippen LogP contribution in [0.2, 0.25) is 0 Å². The van der Waals surface area contributed by atoms with Crippen molar-refractivity contribution in [3.8, 4) is 0 Å². The topological polar surface area (TPSA) is 44.8 Å². The largest absolute Gasteiger partial charge is 0.384 e. The molecule has 2 aliphatic rings. The summed E-state index contributed by atoms with van der Waals surface area (Å²) < 4.78 is 5.23. The third-order valence-electron chi connectivity index (χ3n) is 6.11. The van der Waals surface area contributed by atoms with Crippen LogP contribution in [0.25, 0.3) is 0 Å². The molecule has 0 saturated carbocycles. The maximum Gasteiger partial charge on any atom is 0.317 e. The molecule has 0 radical (unpaired) electrons. The second-order valence-corrected chi connectivity index (χ2v) is 8.09. The molecular weight excluding hydrogens is 338 g/mol. The number of amides is 2. The fourth-order valence-corrected chi connectivity index (χ4v) is 4.23. The van der Waals surface area contributed by atoms with E-state index >= 15 is 0 Å². The summed E-state index contributed by atoms with van der Waals surface area (Å²) in [5, 5.41) is 3.18. The highest BCUT2D eigenvalue weighted by atomic mass is 16.5. The maximum absolute atomic E-state index is 12.4. The van der Waals surface area contributed by atoms with Crippen LogP contribution in [-0.2, 0) is 11.2 Å². The molecule has 5 nitrogen and oxygen atoms in total. The first-order chi connectivity index (χ1) is 13.2. The Balaban J connectivity index is 1.29. The van der Waals surface area contributed by atoms with Crippen LogP contribution in [0.3, 0.4) is 0 Å². The van der Waals surface area contributed by atoms with E-state index in [2.05, 4.69) is 40.5 Å². The molecule has 2 heterocycles. The average molecular weight is 374 g/mol. The van der Waals surface area contributed by atoms with Crippen LogP contribution in [0.15, 0.2) is 30.3 Å². The number of ether oxygens (including phenoxy) is 1. The molecule has 0 bridgehead atoms. The van der Waals surface area contributed by atoms with Gasteiger partial charge >= 0.3 is 6.03 Å². The number of urea groups is 1. The Labute approximate surface area is 164 Å². The maximum atomic E-state index is 12.4. The van der Waals surface area contributed by atoms with Crippen LogP contribution in [-0.4, -0.2) is 68.8 Å². The first-order valence-corrected chi connectivity index (χ1v) is 10.5. The highest BCUT2D eigenvalue weighted by molar-refractivity contribution is 5.74. The van der Waals surface area contributed by atoms with E-state index < -0.39 is 0 Å². The molecular formula is C22H35N3O2. The molecule has 3 rings (SSSR count). The minimum absolute atomic E-state index is 0.123. The van der Waals surface area contributed by atoms with Gasteiger partial charge in [-0.1, -0.05) is 30.3 Å². The molecule has 0 unspecified atom stereocenters. The molecule has 5 heteroatoms. The Hall–Kier alpha value is -1.59. The summed E-state index contributed by atoms with van der Waals surface area (Å²) in [5.74, 6) is 1.23. The standard InChI is InChI=1S/C22H35N3O2/c1-27-18-21-10-15-25(16-11-21)22(26)23-17-20-8-13-24(14-9-20)12-7-19-5-3-2-4-6-19/h2-6,20-21H,7-18H2,1H3,(H,23,26). The van der Waals surface area contributed by atoms with Gasteiger partial charge in [-0.05, 0) is 62.6 Å². The number of carbonyl (C=O) groups is 1. The number of piperidine rings is 2. The van der Waals surface area contributed by atoms with Crippen LogP contribution in [0.1, 0.15) is 31.2 Å². The number of hydrogen-bond donors (Lipinski definition) is 1. The first kappa shape index (κ1) is 20.2. The van der Waals surface area contributed by atoms with Gasteiger partial charge in [-0.3, -0.25) is 0 Å². The molecule has 1 aromatic rings. The van der Waals surface area contributed by atoms with Crippen molar-refractivity contribution in [3.63, 3.8) is 0 Å². The van der Waals surface area contributed by atoms with Gasteiger partial charge in [0, 0.05) is 39.9 Å². The zero-order valence-electron chi connectivity index (χ0n) is 16.7. The summed E-state index contributed by atoms with van der Waals surface area (Å²) in [5.41, 5.74) is 1.42. The second kappa shape index (κ2) is 10.7. The van der Waals surface area contributed by atoms with E-state index in [0.29, 0.717) is 11.8 Å². The van der Waals surface area contributed by atoms with E-state index in [-0.39, 0.29) is 6.03 Å². The monoisotopic (exact) mass is 373 g/mol. The van der Waals surface area contributed by atoms with Crippen molar-refractivity contribution >= 4 is 6.03 Å². The summed E-state index contributed by atoms with van der Waals surface area (Å²) >= 11 is 0. The van der Waals surface area contributed by atoms with Crippen molar-refractivity contribution in [2.75, 3.05) is 53.0 Å². The smallest absolute Gasteiger partial charge is 0.317 e. The van der Waals surface area contributed by atoms with E-state index in [1.165, 1.54) is 18.4 Å². The number of nitrogens with zero attached hydrogens (tertiary/aromatic N) is 2. The van der Waals surface area contributed by atoms with Crippen molar-refractivity contribution < 1.29 is 9.53 Å². The van der Waals surface area contributed by atoms with E-state index in [1.807, 2.05) is 4.90 Å². The van der Waals surface area contributed by atoms with Gasteiger partial charge in [0.25, 0.3) is 0 Å². The number of hydrogen-bond acceptors (Lipinski definition) is 3. The number of rotatable bonds is 7. The van der Waals surface area contributed by atoms with Gasteiger partial charge in [-0.25, -0.2) is 4.79 Å². The van der Waals surface area contributed by atoms with Gasteiger partial charge in [-0.2, -0.15) is 0 Å². The van der Waals surface area contributed by atoms with E-state index in [9.17, 15) is 4.79 Å². The van der Waals surface area contributed by atoms with Crippen molar-refractivity contribution in [1.29, 1.82) is 0 Å². The Morgan fingerprint density at radius 2 is 1.70 bits per heavy atom. The fraction of sp³-hybridized carbons (Fsp3) is 0.682. The molecule has 0 aromatic heterocycles. The lowest BCUT2D eigenvalue weighted by molar-refractivity contribution is 0.106. The Kier molecular flexibility index (Phi) is 7.96. The van der Waals surface area contributed by atoms with Crippen LogP contribution in [0.5, 0.6) is 0 Å². The van der Waals surface area contributed by atoms with Gasteiger partial charge in [0.05, 0.1) is 0 Å². The fourth-order valence-electron chi connectivity index (χ4n) is 4.23. The van der Waals surface area contributed by atoms with Gasteiger partial charge in [-0.15, -0.1) is 0 Å². The highest BCUT2D eigenvalue weighted by Gasteiger charge is 2.24. The van der Waals surface area contributed by atoms with Crippen molar-refractivity contribution in [3.05, 3.63) is 35.9 Å². The number of likely N-dealkylation sites (tertiary alicyclic amines) is 2. The normalized spacial score (nSPS) is 20.0. The molecule has 2 aliphatic heterocycles. The number of carbonyl (C=O) groups excluding carboxylic acids is 1. The zero-order chi connectivity index (χ0) is 18.9. The lowest BCUT2D eigenvalue weighted by Gasteiger charge is -2.34. The average Bonchev–Trinajstić information content (AvgIpc) is 2.73. The third kappa shape index (κ3) is 6.51. The van der Waals surface area contributed by atoms with Crippen LogP contribution >= 0.6 is 0 Å². The Morgan fingerprint density at radius 1 is 1.04 bits per heavy atom. The van der Waals surface area contributed by atoms with E-state index in [0.717, 1.165) is 65.1 Å². The summed E-state index contributed by atoms with van der Waals surface area (Å²) in [4.78, 5) is 16.9. The quantitative estimate of drug-likeness (QED) is 0.799. The Morgan fingerprint density at radius 3 is 2.37 bits per heavy atom. The molecule has 1 N–H and O–H groups in total. The molecule has 1 aromatic carbocycles. The van der Waals surface area contributed by atoms with Crippen molar-refractivity contribution in [2.45, 2.75) is 32.1 Å². The summed E-state index contributed by atoms with van der Waals surface area (Å²) in [7, 11) is 1.76. The van der Waals surface area contributed by atoms with Crippen molar-refractivity contribution in [1.82, 2.24) is 15.1 Å². The molecule has 2 fully saturated rings. The minimum Gasteiger partial charge on any atom is -0.384 e. The number of nitrogens with one attached hydrogen (secondary N) is 1. The predicted molar refractivity (Wildman–Crippen MR) is 109 cm³/mol. The number of methoxy groups -OCH3 is 1. The minimum atomic E-state index is 0.123. The van der Waals surface area contributed by atoms with Gasteiger partial charge in [0.15, 0.2) is 0 Å². The molecule has 27 heavy (non-hydrogen) atoms. The molecule has 150 valence electrons. The molecule has 0 spiro atoms. The second-order valence-electron chi connectivity index (χ2n) is 8.09. The van der Waals surface area contributed by atoms with E-state index in [1.54, 1.807) is 7.11 Å². The van der Waals surface area contributed by atoms with Gasteiger partial charge in [0.2, 0.25) is 0 Å². The van der Waals surface area contributed by atoms with E-state index in [4.69, 9.17) is 4.74 Å². The van der Waals surface area contributed by atoms with Crippen molar-refractivity contribution in [2.24, 2.45) is 11.8 Å². The lowest BCUT2D eigenvalue weighted by atomic mass is 9.96.